The molecular weight excluding hydrogens is 166 g/mol. The van der Waals surface area contributed by atoms with Crippen molar-refractivity contribution in [1.29, 1.82) is 0 Å². The highest BCUT2D eigenvalue weighted by Crippen LogP contribution is 2.30. The molecule has 0 unspecified atom stereocenters. The number of hydrogen-bond acceptors (Lipinski definition) is 3. The molecule has 0 amide bonds. The summed E-state index contributed by atoms with van der Waals surface area (Å²) in [7, 11) is 0. The Balaban J connectivity index is 2.57. The Morgan fingerprint density at radius 1 is 1.85 bits per heavy atom. The maximum absolute atomic E-state index is 9.36. The van der Waals surface area contributed by atoms with E-state index in [9.17, 15) is 5.11 Å². The van der Waals surface area contributed by atoms with Gasteiger partial charge in [-0.05, 0) is 26.2 Å². The molecule has 0 aromatic carbocycles. The van der Waals surface area contributed by atoms with E-state index in [4.69, 9.17) is 4.84 Å². The van der Waals surface area contributed by atoms with Gasteiger partial charge in [0.25, 0.3) is 0 Å². The standard InChI is InChI=1S/C10H19NO2/c1-4-6-10(5-2)7-9(8(3)12)13-11-10/h4,8-9,11-12H,1,5-7H2,2-3H3/t8-,9-,10+/m1/s1. The molecule has 0 aromatic rings. The van der Waals surface area contributed by atoms with Crippen LogP contribution in [0.3, 0.4) is 0 Å². The summed E-state index contributed by atoms with van der Waals surface area (Å²) >= 11 is 0. The van der Waals surface area contributed by atoms with Crippen molar-refractivity contribution in [2.24, 2.45) is 0 Å². The molecule has 1 saturated heterocycles. The summed E-state index contributed by atoms with van der Waals surface area (Å²) in [6.45, 7) is 7.60. The van der Waals surface area contributed by atoms with Gasteiger partial charge in [-0.3, -0.25) is 4.84 Å². The number of aliphatic hydroxyl groups excluding tert-OH is 1. The van der Waals surface area contributed by atoms with Gasteiger partial charge in [0.2, 0.25) is 0 Å². The molecule has 13 heavy (non-hydrogen) atoms. The zero-order chi connectivity index (χ0) is 9.90. The van der Waals surface area contributed by atoms with Gasteiger partial charge in [0.15, 0.2) is 0 Å². The molecule has 1 rings (SSSR count). The molecule has 3 nitrogen and oxygen atoms in total. The average molecular weight is 185 g/mol. The van der Waals surface area contributed by atoms with Crippen LogP contribution >= 0.6 is 0 Å². The first-order chi connectivity index (χ1) is 6.13. The molecule has 1 fully saturated rings. The normalized spacial score (nSPS) is 36.1. The Kier molecular flexibility index (Phi) is 3.47. The first-order valence-corrected chi connectivity index (χ1v) is 4.85. The molecule has 0 saturated carbocycles. The summed E-state index contributed by atoms with van der Waals surface area (Å²) in [4.78, 5) is 5.33. The van der Waals surface area contributed by atoms with Crippen molar-refractivity contribution < 1.29 is 9.94 Å². The van der Waals surface area contributed by atoms with Crippen molar-refractivity contribution in [2.45, 2.75) is 50.9 Å². The second-order valence-electron chi connectivity index (χ2n) is 3.83. The molecule has 0 spiro atoms. The molecule has 2 N–H and O–H groups in total. The third kappa shape index (κ3) is 2.30. The van der Waals surface area contributed by atoms with Crippen LogP contribution in [0.1, 0.15) is 33.1 Å². The largest absolute Gasteiger partial charge is 0.391 e. The molecule has 3 heteroatoms. The van der Waals surface area contributed by atoms with Crippen molar-refractivity contribution >= 4 is 0 Å². The van der Waals surface area contributed by atoms with Gasteiger partial charge in [-0.25, -0.2) is 0 Å². The van der Waals surface area contributed by atoms with Gasteiger partial charge in [0.1, 0.15) is 6.10 Å². The van der Waals surface area contributed by atoms with Crippen LogP contribution in [0.15, 0.2) is 12.7 Å². The molecule has 1 aliphatic heterocycles. The van der Waals surface area contributed by atoms with Crippen LogP contribution < -0.4 is 5.48 Å². The van der Waals surface area contributed by atoms with Gasteiger partial charge in [-0.2, -0.15) is 5.48 Å². The van der Waals surface area contributed by atoms with Gasteiger partial charge in [-0.1, -0.05) is 13.0 Å². The highest BCUT2D eigenvalue weighted by atomic mass is 16.7. The SMILES string of the molecule is C=CC[C@@]1(CC)C[C@H]([C@@H](C)O)ON1. The fraction of sp³-hybridized carbons (Fsp3) is 0.800. The second-order valence-corrected chi connectivity index (χ2v) is 3.83. The lowest BCUT2D eigenvalue weighted by molar-refractivity contribution is -0.0445. The van der Waals surface area contributed by atoms with E-state index in [1.807, 2.05) is 6.08 Å². The third-order valence-electron chi connectivity index (χ3n) is 2.77. The molecule has 0 aliphatic carbocycles. The van der Waals surface area contributed by atoms with Crippen LogP contribution in [0.25, 0.3) is 0 Å². The van der Waals surface area contributed by atoms with Crippen molar-refractivity contribution in [3.63, 3.8) is 0 Å². The van der Waals surface area contributed by atoms with Gasteiger partial charge in [-0.15, -0.1) is 6.58 Å². The van der Waals surface area contributed by atoms with Crippen molar-refractivity contribution in [3.8, 4) is 0 Å². The van der Waals surface area contributed by atoms with E-state index in [-0.39, 0.29) is 11.6 Å². The third-order valence-corrected chi connectivity index (χ3v) is 2.77. The molecule has 76 valence electrons. The van der Waals surface area contributed by atoms with Gasteiger partial charge in [0.05, 0.1) is 6.10 Å². The molecule has 1 heterocycles. The highest BCUT2D eigenvalue weighted by Gasteiger charge is 2.39. The first-order valence-electron chi connectivity index (χ1n) is 4.85. The Morgan fingerprint density at radius 3 is 2.92 bits per heavy atom. The summed E-state index contributed by atoms with van der Waals surface area (Å²) in [5.74, 6) is 0. The van der Waals surface area contributed by atoms with Crippen LogP contribution in [0.2, 0.25) is 0 Å². The van der Waals surface area contributed by atoms with E-state index in [1.165, 1.54) is 0 Å². The number of nitrogens with one attached hydrogen (secondary N) is 1. The molecule has 3 atom stereocenters. The lowest BCUT2D eigenvalue weighted by atomic mass is 9.87. The van der Waals surface area contributed by atoms with Crippen LogP contribution in [-0.2, 0) is 4.84 Å². The van der Waals surface area contributed by atoms with Crippen LogP contribution in [0, 0.1) is 0 Å². The van der Waals surface area contributed by atoms with Crippen LogP contribution in [0.5, 0.6) is 0 Å². The van der Waals surface area contributed by atoms with E-state index >= 15 is 0 Å². The maximum Gasteiger partial charge on any atom is 0.106 e. The summed E-state index contributed by atoms with van der Waals surface area (Å²) in [5, 5.41) is 9.36. The number of hydroxylamine groups is 1. The quantitative estimate of drug-likeness (QED) is 0.650. The summed E-state index contributed by atoms with van der Waals surface area (Å²) in [6.07, 6.45) is 4.12. The van der Waals surface area contributed by atoms with E-state index in [1.54, 1.807) is 6.92 Å². The predicted molar refractivity (Wildman–Crippen MR) is 52.1 cm³/mol. The minimum atomic E-state index is -0.411. The number of hydrogen-bond donors (Lipinski definition) is 2. The van der Waals surface area contributed by atoms with Gasteiger partial charge >= 0.3 is 0 Å². The fourth-order valence-corrected chi connectivity index (χ4v) is 1.70. The van der Waals surface area contributed by atoms with Gasteiger partial charge < -0.3 is 5.11 Å². The second kappa shape index (κ2) is 4.22. The predicted octanol–water partition coefficient (Wildman–Crippen LogP) is 1.39. The van der Waals surface area contributed by atoms with E-state index < -0.39 is 6.10 Å². The Bertz CT molecular complexity index is 182. The van der Waals surface area contributed by atoms with E-state index in [2.05, 4.69) is 19.0 Å². The molecule has 0 aromatic heterocycles. The highest BCUT2D eigenvalue weighted by molar-refractivity contribution is 4.96. The maximum atomic E-state index is 9.36. The molecule has 0 radical (unpaired) electrons. The molecule has 0 bridgehead atoms. The molecular formula is C10H19NO2. The average Bonchev–Trinajstić information content (AvgIpc) is 2.51. The Morgan fingerprint density at radius 2 is 2.54 bits per heavy atom. The number of aliphatic hydroxyl groups is 1. The zero-order valence-electron chi connectivity index (χ0n) is 8.42. The monoisotopic (exact) mass is 185 g/mol. The fourth-order valence-electron chi connectivity index (χ4n) is 1.70. The summed E-state index contributed by atoms with van der Waals surface area (Å²) in [6, 6.07) is 0. The first kappa shape index (κ1) is 10.7. The topological polar surface area (TPSA) is 41.5 Å². The summed E-state index contributed by atoms with van der Waals surface area (Å²) < 4.78 is 0. The minimum Gasteiger partial charge on any atom is -0.391 e. The Labute approximate surface area is 79.7 Å². The van der Waals surface area contributed by atoms with Crippen LogP contribution in [-0.4, -0.2) is 22.9 Å². The van der Waals surface area contributed by atoms with E-state index in [0.717, 1.165) is 19.3 Å². The summed E-state index contributed by atoms with van der Waals surface area (Å²) in [5.41, 5.74) is 3.01. The van der Waals surface area contributed by atoms with Crippen molar-refractivity contribution in [2.75, 3.05) is 0 Å². The molecule has 1 aliphatic rings. The van der Waals surface area contributed by atoms with E-state index in [0.29, 0.717) is 0 Å². The smallest absolute Gasteiger partial charge is 0.106 e. The van der Waals surface area contributed by atoms with Crippen molar-refractivity contribution in [3.05, 3.63) is 12.7 Å². The zero-order valence-corrected chi connectivity index (χ0v) is 8.42. The number of rotatable bonds is 4. The minimum absolute atomic E-state index is 0.0105. The lowest BCUT2D eigenvalue weighted by Gasteiger charge is -2.24. The van der Waals surface area contributed by atoms with Gasteiger partial charge in [0, 0.05) is 5.54 Å². The van der Waals surface area contributed by atoms with Crippen molar-refractivity contribution in [1.82, 2.24) is 5.48 Å². The lowest BCUT2D eigenvalue weighted by Crippen LogP contribution is -2.37. The van der Waals surface area contributed by atoms with Crippen LogP contribution in [0.4, 0.5) is 0 Å². The Hall–Kier alpha value is -0.380.